The maximum atomic E-state index is 8.20. The minimum atomic E-state index is 0.0116. The Morgan fingerprint density at radius 1 is 1.33 bits per heavy atom. The molecule has 0 atom stereocenters. The van der Waals surface area contributed by atoms with Gasteiger partial charge in [0.2, 0.25) is 0 Å². The summed E-state index contributed by atoms with van der Waals surface area (Å²) < 4.78 is 0. The number of nitrogens with zero attached hydrogens (tertiary/aromatic N) is 2. The molecule has 2 heteroatoms. The number of allylic oxidation sites excluding steroid dienone is 2. The van der Waals surface area contributed by atoms with Crippen LogP contribution in [0.15, 0.2) is 11.1 Å². The number of rotatable bonds is 0. The molecule has 0 fully saturated rings. The van der Waals surface area contributed by atoms with Gasteiger partial charge in [0.05, 0.1) is 0 Å². The Balaban J connectivity index is 4.78. The second-order valence-electron chi connectivity index (χ2n) is 1.37. The van der Waals surface area contributed by atoms with Crippen LogP contribution in [-0.2, 0) is 0 Å². The van der Waals surface area contributed by atoms with Crippen molar-refractivity contribution < 1.29 is 0 Å². The van der Waals surface area contributed by atoms with Gasteiger partial charge in [-0.05, 0) is 6.92 Å². The summed E-state index contributed by atoms with van der Waals surface area (Å²) in [5.41, 5.74) is 0.400. The fourth-order valence-corrected chi connectivity index (χ4v) is 0.265. The van der Waals surface area contributed by atoms with Gasteiger partial charge < -0.3 is 0 Å². The fourth-order valence-electron chi connectivity index (χ4n) is 0.265. The fraction of sp³-hybridized carbons (Fsp3) is 0.143. The molecule has 0 aromatic heterocycles. The van der Waals surface area contributed by atoms with Crippen molar-refractivity contribution in [1.29, 1.82) is 10.5 Å². The molecule has 42 valence electrons. The highest BCUT2D eigenvalue weighted by Crippen LogP contribution is 1.97. The summed E-state index contributed by atoms with van der Waals surface area (Å²) in [7, 11) is 0. The predicted molar refractivity (Wildman–Crippen MR) is 32.8 cm³/mol. The van der Waals surface area contributed by atoms with Crippen molar-refractivity contribution in [3.05, 3.63) is 11.1 Å². The lowest BCUT2D eigenvalue weighted by atomic mass is 10.2. The lowest BCUT2D eigenvalue weighted by Crippen LogP contribution is -1.76. The summed E-state index contributed by atoms with van der Waals surface area (Å²) in [6.07, 6.45) is 4.91. The Kier molecular flexibility index (Phi) is 2.67. The first-order valence-electron chi connectivity index (χ1n) is 2.24. The van der Waals surface area contributed by atoms with Crippen molar-refractivity contribution in [2.75, 3.05) is 0 Å². The third kappa shape index (κ3) is 1.68. The summed E-state index contributed by atoms with van der Waals surface area (Å²) in [5.74, 6) is 2.20. The number of hydrogen-bond acceptors (Lipinski definition) is 2. The van der Waals surface area contributed by atoms with Crippen LogP contribution in [0.2, 0.25) is 0 Å². The van der Waals surface area contributed by atoms with Crippen LogP contribution in [0.1, 0.15) is 6.92 Å². The highest BCUT2D eigenvalue weighted by atomic mass is 14.3. The van der Waals surface area contributed by atoms with E-state index in [1.807, 2.05) is 0 Å². The molecule has 0 heterocycles. The molecule has 0 aromatic carbocycles. The number of hydrogen-bond donors (Lipinski definition) is 0. The van der Waals surface area contributed by atoms with Gasteiger partial charge in [0.15, 0.2) is 0 Å². The van der Waals surface area contributed by atoms with Crippen molar-refractivity contribution in [2.24, 2.45) is 0 Å². The molecular formula is C7H4N2. The number of nitriles is 2. The van der Waals surface area contributed by atoms with E-state index in [1.165, 1.54) is 0 Å². The normalized spacial score (nSPS) is 6.00. The second kappa shape index (κ2) is 3.30. The Morgan fingerprint density at radius 3 is 1.89 bits per heavy atom. The van der Waals surface area contributed by atoms with E-state index in [0.29, 0.717) is 5.57 Å². The lowest BCUT2D eigenvalue weighted by molar-refractivity contribution is 1.42. The molecule has 9 heavy (non-hydrogen) atoms. The van der Waals surface area contributed by atoms with Crippen LogP contribution in [0.3, 0.4) is 0 Å². The van der Waals surface area contributed by atoms with E-state index in [2.05, 4.69) is 5.92 Å². The van der Waals surface area contributed by atoms with Crippen LogP contribution in [0.5, 0.6) is 0 Å². The van der Waals surface area contributed by atoms with E-state index in [9.17, 15) is 0 Å². The smallest absolute Gasteiger partial charge is 0.140 e. The quantitative estimate of drug-likeness (QED) is 0.350. The van der Waals surface area contributed by atoms with Gasteiger partial charge >= 0.3 is 0 Å². The minimum absolute atomic E-state index is 0.0116. The minimum Gasteiger partial charge on any atom is -0.192 e. The van der Waals surface area contributed by atoms with E-state index < -0.39 is 0 Å². The van der Waals surface area contributed by atoms with Crippen molar-refractivity contribution in [3.63, 3.8) is 0 Å². The highest BCUT2D eigenvalue weighted by Gasteiger charge is 1.93. The van der Waals surface area contributed by atoms with Crippen LogP contribution in [0.4, 0.5) is 0 Å². The Morgan fingerprint density at radius 2 is 1.78 bits per heavy atom. The lowest BCUT2D eigenvalue weighted by Gasteiger charge is -1.81. The monoisotopic (exact) mass is 116 g/mol. The van der Waals surface area contributed by atoms with Crippen molar-refractivity contribution >= 4 is 0 Å². The van der Waals surface area contributed by atoms with Gasteiger partial charge in [-0.15, -0.1) is 6.42 Å². The van der Waals surface area contributed by atoms with Gasteiger partial charge in [0.1, 0.15) is 17.7 Å². The van der Waals surface area contributed by atoms with Crippen molar-refractivity contribution in [2.45, 2.75) is 6.92 Å². The topological polar surface area (TPSA) is 47.6 Å². The first-order chi connectivity index (χ1) is 4.26. The molecule has 0 saturated heterocycles. The zero-order valence-electron chi connectivity index (χ0n) is 4.97. The summed E-state index contributed by atoms with van der Waals surface area (Å²) in [5, 5.41) is 16.4. The standard InChI is InChI=1S/C7H4N2/c1-3-6(2)7(4-8)5-9/h1H,2H3. The first kappa shape index (κ1) is 7.28. The van der Waals surface area contributed by atoms with E-state index in [4.69, 9.17) is 16.9 Å². The molecular weight excluding hydrogens is 112 g/mol. The summed E-state index contributed by atoms with van der Waals surface area (Å²) in [6.45, 7) is 1.56. The van der Waals surface area contributed by atoms with E-state index >= 15 is 0 Å². The zero-order chi connectivity index (χ0) is 7.28. The Labute approximate surface area is 54.0 Å². The molecule has 0 bridgehead atoms. The number of terminal acetylenes is 1. The van der Waals surface area contributed by atoms with Crippen LogP contribution in [-0.4, -0.2) is 0 Å². The van der Waals surface area contributed by atoms with Crippen molar-refractivity contribution in [3.8, 4) is 24.5 Å². The SMILES string of the molecule is C#CC(C)=C(C#N)C#N. The maximum Gasteiger partial charge on any atom is 0.140 e. The van der Waals surface area contributed by atoms with E-state index in [0.717, 1.165) is 0 Å². The van der Waals surface area contributed by atoms with Crippen molar-refractivity contribution in [1.82, 2.24) is 0 Å². The summed E-state index contributed by atoms with van der Waals surface area (Å²) in [4.78, 5) is 0. The van der Waals surface area contributed by atoms with Gasteiger partial charge in [0, 0.05) is 5.57 Å². The van der Waals surface area contributed by atoms with Gasteiger partial charge in [-0.3, -0.25) is 0 Å². The molecule has 0 aromatic rings. The molecule has 0 N–H and O–H groups in total. The maximum absolute atomic E-state index is 8.20. The average Bonchev–Trinajstić information content (AvgIpc) is 1.90. The molecule has 0 aliphatic carbocycles. The molecule has 0 rings (SSSR count). The van der Waals surface area contributed by atoms with Crippen LogP contribution in [0.25, 0.3) is 0 Å². The predicted octanol–water partition coefficient (Wildman–Crippen LogP) is 0.983. The molecule has 0 radical (unpaired) electrons. The molecule has 0 saturated carbocycles. The summed E-state index contributed by atoms with van der Waals surface area (Å²) in [6, 6.07) is 3.36. The third-order valence-corrected chi connectivity index (χ3v) is 0.815. The zero-order valence-corrected chi connectivity index (χ0v) is 4.97. The largest absolute Gasteiger partial charge is 0.192 e. The molecule has 0 aliphatic heterocycles. The molecule has 0 aliphatic rings. The molecule has 0 spiro atoms. The van der Waals surface area contributed by atoms with Gasteiger partial charge in [-0.25, -0.2) is 0 Å². The Bertz CT molecular complexity index is 236. The first-order valence-corrected chi connectivity index (χ1v) is 2.24. The highest BCUT2D eigenvalue weighted by molar-refractivity contribution is 5.46. The third-order valence-electron chi connectivity index (χ3n) is 0.815. The summed E-state index contributed by atoms with van der Waals surface area (Å²) >= 11 is 0. The van der Waals surface area contributed by atoms with E-state index in [1.54, 1.807) is 19.1 Å². The van der Waals surface area contributed by atoms with Crippen LogP contribution < -0.4 is 0 Å². The Hall–Kier alpha value is -1.72. The van der Waals surface area contributed by atoms with Gasteiger partial charge in [-0.2, -0.15) is 10.5 Å². The molecule has 2 nitrogen and oxygen atoms in total. The van der Waals surface area contributed by atoms with E-state index in [-0.39, 0.29) is 5.57 Å². The van der Waals surface area contributed by atoms with Gasteiger partial charge in [0.25, 0.3) is 0 Å². The van der Waals surface area contributed by atoms with Crippen LogP contribution in [0, 0.1) is 35.0 Å². The average molecular weight is 116 g/mol. The second-order valence-corrected chi connectivity index (χ2v) is 1.37. The molecule has 0 unspecified atom stereocenters. The molecule has 0 amide bonds. The van der Waals surface area contributed by atoms with Gasteiger partial charge in [-0.1, -0.05) is 5.92 Å². The van der Waals surface area contributed by atoms with Crippen LogP contribution >= 0.6 is 0 Å².